The summed E-state index contributed by atoms with van der Waals surface area (Å²) in [6.07, 6.45) is 0. The maximum absolute atomic E-state index is 12.5. The molecule has 2 aromatic carbocycles. The molecule has 3 rings (SSSR count). The number of aromatic hydroxyl groups is 2. The van der Waals surface area contributed by atoms with Crippen molar-refractivity contribution in [1.29, 1.82) is 0 Å². The van der Waals surface area contributed by atoms with Crippen molar-refractivity contribution in [2.75, 3.05) is 0 Å². The quantitative estimate of drug-likeness (QED) is 0.374. The molecule has 0 aromatic heterocycles. The average Bonchev–Trinajstić information content (AvgIpc) is 2.46. The van der Waals surface area contributed by atoms with Crippen molar-refractivity contribution in [1.82, 2.24) is 0 Å². The molecule has 100 valence electrons. The van der Waals surface area contributed by atoms with E-state index in [4.69, 9.17) is 0 Å². The molecule has 0 bridgehead atoms. The third-order valence-electron chi connectivity index (χ3n) is 3.20. The predicted octanol–water partition coefficient (Wildman–Crippen LogP) is 3.08. The number of halogens is 2. The topological polar surface area (TPSA) is 74.6 Å². The number of benzene rings is 2. The van der Waals surface area contributed by atoms with Crippen molar-refractivity contribution in [3.05, 3.63) is 53.7 Å². The van der Waals surface area contributed by atoms with Crippen LogP contribution in [0.4, 0.5) is 0 Å². The lowest BCUT2D eigenvalue weighted by molar-refractivity contribution is 0.0975. The van der Waals surface area contributed by atoms with Gasteiger partial charge in [0.15, 0.2) is 23.1 Å². The van der Waals surface area contributed by atoms with Gasteiger partial charge in [-0.2, -0.15) is 0 Å². The van der Waals surface area contributed by atoms with Crippen LogP contribution in [0.5, 0.6) is 11.5 Å². The Morgan fingerprint density at radius 3 is 1.80 bits per heavy atom. The fourth-order valence-corrected chi connectivity index (χ4v) is 3.54. The van der Waals surface area contributed by atoms with Crippen LogP contribution in [-0.2, 0) is 0 Å². The minimum Gasteiger partial charge on any atom is -0.504 e. The van der Waals surface area contributed by atoms with Gasteiger partial charge in [0.2, 0.25) is 0 Å². The monoisotopic (exact) mass is 492 g/mol. The third-order valence-corrected chi connectivity index (χ3v) is 6.36. The number of carbonyl (C=O) groups is 2. The smallest absolute Gasteiger partial charge is 0.198 e. The van der Waals surface area contributed by atoms with Crippen molar-refractivity contribution in [3.63, 3.8) is 0 Å². The van der Waals surface area contributed by atoms with Crippen molar-refractivity contribution in [2.24, 2.45) is 0 Å². The fourth-order valence-electron chi connectivity index (χ4n) is 2.25. The number of phenolic OH excluding ortho intramolecular Hbond substituents is 2. The molecule has 0 unspecified atom stereocenters. The van der Waals surface area contributed by atoms with Gasteiger partial charge < -0.3 is 10.2 Å². The zero-order valence-electron chi connectivity index (χ0n) is 9.78. The number of rotatable bonds is 0. The first-order chi connectivity index (χ1) is 9.45. The zero-order chi connectivity index (χ0) is 14.6. The highest BCUT2D eigenvalue weighted by atomic mass is 127. The summed E-state index contributed by atoms with van der Waals surface area (Å²) in [6.45, 7) is 0. The molecule has 2 N–H and O–H groups in total. The van der Waals surface area contributed by atoms with Crippen molar-refractivity contribution in [3.8, 4) is 11.5 Å². The van der Waals surface area contributed by atoms with Gasteiger partial charge in [0.05, 0.1) is 14.7 Å². The highest BCUT2D eigenvalue weighted by Gasteiger charge is 2.36. The largest absolute Gasteiger partial charge is 0.504 e. The lowest BCUT2D eigenvalue weighted by Gasteiger charge is -2.21. The Morgan fingerprint density at radius 2 is 1.25 bits per heavy atom. The standard InChI is InChI=1S/C14H6I2O4/c15-9-7-8(13(19)14(20)10(9)16)12(18)6-4-2-1-3-5(6)11(7)17/h1-4,19-20H. The Morgan fingerprint density at radius 1 is 0.750 bits per heavy atom. The normalized spacial score (nSPS) is 13.1. The molecule has 0 heterocycles. The number of hydrogen-bond acceptors (Lipinski definition) is 4. The number of fused-ring (bicyclic) bond motifs is 2. The van der Waals surface area contributed by atoms with Crippen LogP contribution >= 0.6 is 45.2 Å². The fraction of sp³-hybridized carbons (Fsp3) is 0. The summed E-state index contributed by atoms with van der Waals surface area (Å²) >= 11 is 3.74. The molecular weight excluding hydrogens is 486 g/mol. The molecule has 0 saturated heterocycles. The van der Waals surface area contributed by atoms with Crippen LogP contribution in [-0.4, -0.2) is 21.8 Å². The first-order valence-corrected chi connectivity index (χ1v) is 7.72. The van der Waals surface area contributed by atoms with E-state index in [1.807, 2.05) is 45.2 Å². The molecule has 0 atom stereocenters. The molecule has 20 heavy (non-hydrogen) atoms. The van der Waals surface area contributed by atoms with Gasteiger partial charge in [-0.1, -0.05) is 24.3 Å². The van der Waals surface area contributed by atoms with Gasteiger partial charge in [0.25, 0.3) is 0 Å². The molecule has 1 aliphatic rings. The Labute approximate surface area is 141 Å². The molecule has 2 aromatic rings. The second kappa shape index (κ2) is 4.69. The summed E-state index contributed by atoms with van der Waals surface area (Å²) in [4.78, 5) is 25.0. The zero-order valence-corrected chi connectivity index (χ0v) is 14.1. The van der Waals surface area contributed by atoms with E-state index in [9.17, 15) is 19.8 Å². The Hall–Kier alpha value is -1.16. The van der Waals surface area contributed by atoms with E-state index in [2.05, 4.69) is 0 Å². The Bertz CT molecular complexity index is 730. The van der Waals surface area contributed by atoms with Crippen molar-refractivity contribution < 1.29 is 19.8 Å². The van der Waals surface area contributed by atoms with E-state index in [-0.39, 0.29) is 28.2 Å². The first kappa shape index (κ1) is 13.8. The Kier molecular flexibility index (Phi) is 3.24. The van der Waals surface area contributed by atoms with E-state index in [1.54, 1.807) is 24.3 Å². The molecule has 0 spiro atoms. The van der Waals surface area contributed by atoms with Gasteiger partial charge in [0, 0.05) is 14.7 Å². The van der Waals surface area contributed by atoms with Crippen LogP contribution in [0, 0.1) is 7.14 Å². The lowest BCUT2D eigenvalue weighted by Crippen LogP contribution is -2.22. The van der Waals surface area contributed by atoms with E-state index in [0.717, 1.165) is 0 Å². The second-order valence-electron chi connectivity index (χ2n) is 4.28. The number of phenols is 2. The van der Waals surface area contributed by atoms with Gasteiger partial charge in [-0.05, 0) is 45.2 Å². The Balaban J connectivity index is 2.46. The second-order valence-corrected chi connectivity index (χ2v) is 6.44. The van der Waals surface area contributed by atoms with Crippen LogP contribution in [0.15, 0.2) is 24.3 Å². The molecule has 0 aliphatic heterocycles. The molecule has 6 heteroatoms. The number of hydrogen-bond donors (Lipinski definition) is 2. The molecule has 0 fully saturated rings. The van der Waals surface area contributed by atoms with Gasteiger partial charge in [-0.25, -0.2) is 0 Å². The van der Waals surface area contributed by atoms with E-state index in [1.165, 1.54) is 0 Å². The van der Waals surface area contributed by atoms with Crippen LogP contribution in [0.1, 0.15) is 31.8 Å². The van der Waals surface area contributed by atoms with E-state index >= 15 is 0 Å². The van der Waals surface area contributed by atoms with Crippen molar-refractivity contribution >= 4 is 56.7 Å². The summed E-state index contributed by atoms with van der Waals surface area (Å²) in [5.41, 5.74) is 0.616. The van der Waals surface area contributed by atoms with Gasteiger partial charge >= 0.3 is 0 Å². The van der Waals surface area contributed by atoms with Crippen LogP contribution in [0.3, 0.4) is 0 Å². The first-order valence-electron chi connectivity index (χ1n) is 5.56. The minimum atomic E-state index is -0.530. The summed E-state index contributed by atoms with van der Waals surface area (Å²) in [7, 11) is 0. The molecular formula is C14H6I2O4. The predicted molar refractivity (Wildman–Crippen MR) is 88.5 cm³/mol. The molecule has 1 aliphatic carbocycles. The lowest BCUT2D eigenvalue weighted by atomic mass is 9.83. The third kappa shape index (κ3) is 1.70. The highest BCUT2D eigenvalue weighted by Crippen LogP contribution is 2.43. The van der Waals surface area contributed by atoms with Gasteiger partial charge in [-0.15, -0.1) is 0 Å². The van der Waals surface area contributed by atoms with Crippen molar-refractivity contribution in [2.45, 2.75) is 0 Å². The summed E-state index contributed by atoms with van der Waals surface area (Å²) in [6, 6.07) is 6.47. The average molecular weight is 492 g/mol. The molecule has 0 radical (unpaired) electrons. The van der Waals surface area contributed by atoms with Gasteiger partial charge in [0.1, 0.15) is 0 Å². The van der Waals surface area contributed by atoms with Gasteiger partial charge in [-0.3, -0.25) is 9.59 Å². The van der Waals surface area contributed by atoms with Crippen LogP contribution in [0.2, 0.25) is 0 Å². The van der Waals surface area contributed by atoms with E-state index in [0.29, 0.717) is 12.7 Å². The van der Waals surface area contributed by atoms with Crippen LogP contribution < -0.4 is 0 Å². The van der Waals surface area contributed by atoms with Crippen LogP contribution in [0.25, 0.3) is 0 Å². The number of carbonyl (C=O) groups excluding carboxylic acids is 2. The summed E-state index contributed by atoms with van der Waals surface area (Å²) in [5.74, 6) is -1.66. The highest BCUT2D eigenvalue weighted by molar-refractivity contribution is 14.1. The minimum absolute atomic E-state index is 0.115. The number of ketones is 2. The molecule has 4 nitrogen and oxygen atoms in total. The molecule has 0 saturated carbocycles. The summed E-state index contributed by atoms with van der Waals surface area (Å²) in [5, 5.41) is 19.9. The molecule has 0 amide bonds. The SMILES string of the molecule is O=C1c2ccccc2C(=O)c2c(I)c(I)c(O)c(O)c21. The maximum Gasteiger partial charge on any atom is 0.198 e. The summed E-state index contributed by atoms with van der Waals surface area (Å²) < 4.78 is 0.835. The maximum atomic E-state index is 12.5. The van der Waals surface area contributed by atoms with E-state index < -0.39 is 11.5 Å².